The number of rotatable bonds is 4. The van der Waals surface area contributed by atoms with Crippen LogP contribution in [0.5, 0.6) is 0 Å². The van der Waals surface area contributed by atoms with Gasteiger partial charge in [-0.25, -0.2) is 0 Å². The molecule has 1 aliphatic heterocycles. The third-order valence-electron chi connectivity index (χ3n) is 1.71. The Kier molecular flexibility index (Phi) is 2.49. The maximum absolute atomic E-state index is 5.26. The van der Waals surface area contributed by atoms with Crippen molar-refractivity contribution in [2.24, 2.45) is 0 Å². The van der Waals surface area contributed by atoms with Crippen LogP contribution >= 0.6 is 0 Å². The van der Waals surface area contributed by atoms with E-state index in [1.165, 1.54) is 19.3 Å². The van der Waals surface area contributed by atoms with Gasteiger partial charge in [-0.15, -0.1) is 0 Å². The number of likely N-dealkylation sites (N-methyl/N-ethyl adjacent to an activating group) is 1. The van der Waals surface area contributed by atoms with E-state index in [0.29, 0.717) is 12.3 Å². The van der Waals surface area contributed by atoms with Crippen LogP contribution in [0.2, 0.25) is 0 Å². The zero-order valence-corrected chi connectivity index (χ0v) is 6.18. The second-order valence-electron chi connectivity index (χ2n) is 2.53. The molecule has 1 saturated heterocycles. The van der Waals surface area contributed by atoms with E-state index in [4.69, 9.17) is 4.74 Å². The highest BCUT2D eigenvalue weighted by molar-refractivity contribution is 4.80. The Bertz CT molecular complexity index is 85.0. The fraction of sp³-hybridized carbons (Fsp3) is 1.00. The van der Waals surface area contributed by atoms with E-state index >= 15 is 0 Å². The van der Waals surface area contributed by atoms with Crippen molar-refractivity contribution in [3.63, 3.8) is 0 Å². The second-order valence-corrected chi connectivity index (χ2v) is 2.53. The third-order valence-corrected chi connectivity index (χ3v) is 1.71. The number of hydrogen-bond acceptors (Lipinski definition) is 2. The summed E-state index contributed by atoms with van der Waals surface area (Å²) in [4.78, 5) is 0. The van der Waals surface area contributed by atoms with Crippen molar-refractivity contribution in [2.75, 3.05) is 7.05 Å². The molecule has 0 spiro atoms. The van der Waals surface area contributed by atoms with Gasteiger partial charge in [0.15, 0.2) is 0 Å². The first-order chi connectivity index (χ1) is 4.38. The fourth-order valence-corrected chi connectivity index (χ4v) is 1.02. The first kappa shape index (κ1) is 7.03. The minimum atomic E-state index is 0.372. The van der Waals surface area contributed by atoms with E-state index in [0.717, 1.165) is 0 Å². The Hall–Kier alpha value is -0.0800. The fourth-order valence-electron chi connectivity index (χ4n) is 1.02. The lowest BCUT2D eigenvalue weighted by atomic mass is 10.2. The van der Waals surface area contributed by atoms with E-state index in [-0.39, 0.29) is 0 Å². The maximum Gasteiger partial charge on any atom is 0.135 e. The molecule has 2 heteroatoms. The standard InChI is InChI=1S/C7H15NO/c1-3-4-5-6-7(8-2)9-6/h6-8H,3-5H2,1-2H3/t6?,7-/m1/s1. The van der Waals surface area contributed by atoms with Gasteiger partial charge in [-0.3, -0.25) is 5.32 Å². The lowest BCUT2D eigenvalue weighted by Gasteiger charge is -1.89. The highest BCUT2D eigenvalue weighted by Gasteiger charge is 2.35. The van der Waals surface area contributed by atoms with Crippen LogP contribution in [0.4, 0.5) is 0 Å². The molecule has 2 atom stereocenters. The minimum Gasteiger partial charge on any atom is -0.353 e. The van der Waals surface area contributed by atoms with Crippen molar-refractivity contribution in [3.05, 3.63) is 0 Å². The Morgan fingerprint density at radius 3 is 2.78 bits per heavy atom. The molecule has 0 aliphatic carbocycles. The lowest BCUT2D eigenvalue weighted by Crippen LogP contribution is -2.12. The summed E-state index contributed by atoms with van der Waals surface area (Å²) in [5.41, 5.74) is 0. The van der Waals surface area contributed by atoms with Crippen molar-refractivity contribution in [3.8, 4) is 0 Å². The van der Waals surface area contributed by atoms with Gasteiger partial charge < -0.3 is 4.74 Å². The SMILES string of the molecule is CCCCC1O[C@H]1NC. The van der Waals surface area contributed by atoms with Crippen molar-refractivity contribution in [1.82, 2.24) is 5.32 Å². The molecule has 1 fully saturated rings. The average Bonchev–Trinajstić information content (AvgIpc) is 2.62. The van der Waals surface area contributed by atoms with Crippen LogP contribution in [-0.2, 0) is 4.74 Å². The van der Waals surface area contributed by atoms with Gasteiger partial charge in [-0.2, -0.15) is 0 Å². The predicted octanol–water partition coefficient (Wildman–Crippen LogP) is 1.12. The molecular formula is C7H15NO. The summed E-state index contributed by atoms with van der Waals surface area (Å²) in [6.45, 7) is 2.21. The highest BCUT2D eigenvalue weighted by atomic mass is 16.6. The van der Waals surface area contributed by atoms with Crippen LogP contribution < -0.4 is 5.32 Å². The largest absolute Gasteiger partial charge is 0.353 e. The van der Waals surface area contributed by atoms with Gasteiger partial charge in [0.2, 0.25) is 0 Å². The van der Waals surface area contributed by atoms with Gasteiger partial charge in [-0.1, -0.05) is 19.8 Å². The van der Waals surface area contributed by atoms with Gasteiger partial charge in [0.05, 0.1) is 6.10 Å². The Morgan fingerprint density at radius 1 is 1.56 bits per heavy atom. The van der Waals surface area contributed by atoms with Gasteiger partial charge in [0.1, 0.15) is 6.23 Å². The molecule has 54 valence electrons. The van der Waals surface area contributed by atoms with Gasteiger partial charge in [0, 0.05) is 0 Å². The molecule has 1 heterocycles. The molecule has 1 aliphatic rings. The van der Waals surface area contributed by atoms with Gasteiger partial charge in [0.25, 0.3) is 0 Å². The predicted molar refractivity (Wildman–Crippen MR) is 37.2 cm³/mol. The summed E-state index contributed by atoms with van der Waals surface area (Å²) in [6.07, 6.45) is 4.69. The molecule has 0 amide bonds. The normalized spacial score (nSPS) is 32.7. The monoisotopic (exact) mass is 129 g/mol. The number of epoxide rings is 1. The van der Waals surface area contributed by atoms with Crippen LogP contribution in [0.25, 0.3) is 0 Å². The number of nitrogens with one attached hydrogen (secondary N) is 1. The number of ether oxygens (including phenoxy) is 1. The van der Waals surface area contributed by atoms with Gasteiger partial charge in [-0.05, 0) is 13.5 Å². The van der Waals surface area contributed by atoms with E-state index < -0.39 is 0 Å². The second kappa shape index (κ2) is 3.18. The van der Waals surface area contributed by atoms with Crippen LogP contribution in [0.1, 0.15) is 26.2 Å². The summed E-state index contributed by atoms with van der Waals surface area (Å²) < 4.78 is 5.26. The Morgan fingerprint density at radius 2 is 2.33 bits per heavy atom. The van der Waals surface area contributed by atoms with E-state index in [1.807, 2.05) is 7.05 Å². The molecule has 0 aromatic heterocycles. The Labute approximate surface area is 56.6 Å². The third kappa shape index (κ3) is 1.95. The average molecular weight is 129 g/mol. The van der Waals surface area contributed by atoms with E-state index in [1.54, 1.807) is 0 Å². The Balaban J connectivity index is 1.92. The molecule has 1 unspecified atom stereocenters. The number of hydrogen-bond donors (Lipinski definition) is 1. The van der Waals surface area contributed by atoms with Crippen molar-refractivity contribution in [2.45, 2.75) is 38.5 Å². The molecule has 0 radical (unpaired) electrons. The highest BCUT2D eigenvalue weighted by Crippen LogP contribution is 2.23. The van der Waals surface area contributed by atoms with Crippen LogP contribution in [0, 0.1) is 0 Å². The summed E-state index contributed by atoms with van der Waals surface area (Å²) in [7, 11) is 1.94. The number of unbranched alkanes of at least 4 members (excludes halogenated alkanes) is 1. The molecular weight excluding hydrogens is 114 g/mol. The van der Waals surface area contributed by atoms with Crippen LogP contribution in [-0.4, -0.2) is 19.4 Å². The molecule has 0 aromatic rings. The lowest BCUT2D eigenvalue weighted by molar-refractivity contribution is 0.345. The molecule has 9 heavy (non-hydrogen) atoms. The van der Waals surface area contributed by atoms with Gasteiger partial charge >= 0.3 is 0 Å². The maximum atomic E-state index is 5.26. The molecule has 1 rings (SSSR count). The van der Waals surface area contributed by atoms with Crippen LogP contribution in [0.3, 0.4) is 0 Å². The van der Waals surface area contributed by atoms with E-state index in [9.17, 15) is 0 Å². The van der Waals surface area contributed by atoms with Crippen molar-refractivity contribution in [1.29, 1.82) is 0 Å². The summed E-state index contributed by atoms with van der Waals surface area (Å²) in [5.74, 6) is 0. The first-order valence-electron chi connectivity index (χ1n) is 3.71. The van der Waals surface area contributed by atoms with Crippen LogP contribution in [0.15, 0.2) is 0 Å². The zero-order chi connectivity index (χ0) is 6.69. The molecule has 1 N–H and O–H groups in total. The molecule has 2 nitrogen and oxygen atoms in total. The summed E-state index contributed by atoms with van der Waals surface area (Å²) in [6, 6.07) is 0. The van der Waals surface area contributed by atoms with Crippen molar-refractivity contribution >= 4 is 0 Å². The molecule has 0 aromatic carbocycles. The quantitative estimate of drug-likeness (QED) is 0.575. The topological polar surface area (TPSA) is 24.6 Å². The molecule has 0 bridgehead atoms. The summed E-state index contributed by atoms with van der Waals surface area (Å²) in [5, 5.41) is 3.08. The molecule has 0 saturated carbocycles. The summed E-state index contributed by atoms with van der Waals surface area (Å²) >= 11 is 0. The van der Waals surface area contributed by atoms with Crippen molar-refractivity contribution < 1.29 is 4.74 Å². The minimum absolute atomic E-state index is 0.372. The van der Waals surface area contributed by atoms with E-state index in [2.05, 4.69) is 12.2 Å². The smallest absolute Gasteiger partial charge is 0.135 e. The first-order valence-corrected chi connectivity index (χ1v) is 3.71. The zero-order valence-electron chi connectivity index (χ0n) is 6.18.